The predicted molar refractivity (Wildman–Crippen MR) is 108 cm³/mol. The Bertz CT molecular complexity index is 1200. The summed E-state index contributed by atoms with van der Waals surface area (Å²) >= 11 is 1.37. The lowest BCUT2D eigenvalue weighted by atomic mass is 10.1. The summed E-state index contributed by atoms with van der Waals surface area (Å²) in [6.07, 6.45) is 4.95. The van der Waals surface area contributed by atoms with E-state index in [1.807, 2.05) is 41.9 Å². The molecule has 4 rings (SSSR count). The van der Waals surface area contributed by atoms with Crippen LogP contribution in [0.5, 0.6) is 0 Å². The molecule has 2 aromatic carbocycles. The molecule has 27 heavy (non-hydrogen) atoms. The fraction of sp³-hybridized carbons (Fsp3) is 0. The van der Waals surface area contributed by atoms with Gasteiger partial charge in [-0.15, -0.1) is 11.3 Å². The van der Waals surface area contributed by atoms with Crippen LogP contribution in [0.1, 0.15) is 11.1 Å². The highest BCUT2D eigenvalue weighted by Crippen LogP contribution is 2.30. The third-order valence-electron chi connectivity index (χ3n) is 4.10. The van der Waals surface area contributed by atoms with Crippen molar-refractivity contribution in [1.82, 2.24) is 9.97 Å². The predicted octanol–water partition coefficient (Wildman–Crippen LogP) is 4.81. The molecule has 6 heteroatoms. The molecule has 0 aliphatic rings. The topological polar surface area (TPSA) is 81.6 Å². The molecule has 0 saturated heterocycles. The van der Waals surface area contributed by atoms with E-state index < -0.39 is 0 Å². The van der Waals surface area contributed by atoms with Gasteiger partial charge in [-0.3, -0.25) is 10.1 Å². The number of rotatable bonds is 4. The monoisotopic (exact) mass is 370 g/mol. The van der Waals surface area contributed by atoms with E-state index in [1.54, 1.807) is 24.3 Å². The number of hydrogen-bond donors (Lipinski definition) is 2. The summed E-state index contributed by atoms with van der Waals surface area (Å²) in [5, 5.41) is 15.4. The van der Waals surface area contributed by atoms with Crippen molar-refractivity contribution in [3.05, 3.63) is 77.3 Å². The van der Waals surface area contributed by atoms with Crippen molar-refractivity contribution in [2.75, 3.05) is 5.32 Å². The van der Waals surface area contributed by atoms with Gasteiger partial charge in [0.05, 0.1) is 17.3 Å². The largest absolute Gasteiger partial charge is 0.360 e. The first-order chi connectivity index (χ1) is 13.2. The smallest absolute Gasteiger partial charge is 0.250 e. The number of thiazole rings is 1. The second kappa shape index (κ2) is 7.28. The molecule has 0 aliphatic carbocycles. The van der Waals surface area contributed by atoms with E-state index in [9.17, 15) is 4.79 Å². The van der Waals surface area contributed by atoms with Gasteiger partial charge in [0.15, 0.2) is 5.13 Å². The summed E-state index contributed by atoms with van der Waals surface area (Å²) in [4.78, 5) is 19.9. The Morgan fingerprint density at radius 3 is 2.89 bits per heavy atom. The molecular formula is C21H14N4OS. The van der Waals surface area contributed by atoms with Gasteiger partial charge in [0.2, 0.25) is 5.91 Å². The lowest BCUT2D eigenvalue weighted by Crippen LogP contribution is -2.07. The number of aromatic nitrogens is 2. The fourth-order valence-electron chi connectivity index (χ4n) is 2.79. The molecule has 0 aliphatic heterocycles. The molecule has 130 valence electrons. The van der Waals surface area contributed by atoms with Crippen LogP contribution in [0.3, 0.4) is 0 Å². The maximum atomic E-state index is 12.2. The van der Waals surface area contributed by atoms with Gasteiger partial charge in [-0.2, -0.15) is 5.26 Å². The van der Waals surface area contributed by atoms with Crippen molar-refractivity contribution in [3.63, 3.8) is 0 Å². The van der Waals surface area contributed by atoms with Gasteiger partial charge in [0.25, 0.3) is 0 Å². The number of fused-ring (bicyclic) bond motifs is 1. The first-order valence-corrected chi connectivity index (χ1v) is 9.13. The van der Waals surface area contributed by atoms with Crippen LogP contribution in [0.15, 0.2) is 66.2 Å². The number of carbonyl (C=O) groups excluding carboxylic acids is 1. The first-order valence-electron chi connectivity index (χ1n) is 8.25. The van der Waals surface area contributed by atoms with E-state index in [2.05, 4.69) is 21.4 Å². The molecule has 2 heterocycles. The van der Waals surface area contributed by atoms with Gasteiger partial charge in [0.1, 0.15) is 0 Å². The second-order valence-electron chi connectivity index (χ2n) is 5.81. The molecule has 4 aromatic rings. The number of nitrogens with one attached hydrogen (secondary N) is 2. The molecule has 1 amide bonds. The van der Waals surface area contributed by atoms with Crippen molar-refractivity contribution in [2.45, 2.75) is 0 Å². The van der Waals surface area contributed by atoms with Gasteiger partial charge < -0.3 is 4.98 Å². The summed E-state index contributed by atoms with van der Waals surface area (Å²) < 4.78 is 0. The number of carbonyl (C=O) groups is 1. The van der Waals surface area contributed by atoms with Crippen LogP contribution in [0.2, 0.25) is 0 Å². The molecular weight excluding hydrogens is 356 g/mol. The number of amides is 1. The van der Waals surface area contributed by atoms with Gasteiger partial charge in [-0.1, -0.05) is 36.4 Å². The second-order valence-corrected chi connectivity index (χ2v) is 6.67. The van der Waals surface area contributed by atoms with Crippen molar-refractivity contribution >= 4 is 39.4 Å². The SMILES string of the molecule is N#Cc1ccccc1/C=C/C(=O)Nc1nc(-c2c[nH]c3ccccc23)cs1. The number of benzene rings is 2. The zero-order valence-corrected chi connectivity index (χ0v) is 15.0. The Morgan fingerprint density at radius 2 is 2.00 bits per heavy atom. The van der Waals surface area contributed by atoms with Crippen molar-refractivity contribution in [1.29, 1.82) is 5.26 Å². The maximum Gasteiger partial charge on any atom is 0.250 e. The Kier molecular flexibility index (Phi) is 4.52. The van der Waals surface area contributed by atoms with Crippen LogP contribution < -0.4 is 5.32 Å². The van der Waals surface area contributed by atoms with Gasteiger partial charge >= 0.3 is 0 Å². The number of para-hydroxylation sites is 1. The number of nitriles is 1. The van der Waals surface area contributed by atoms with Crippen LogP contribution in [-0.4, -0.2) is 15.9 Å². The lowest BCUT2D eigenvalue weighted by Gasteiger charge is -1.98. The van der Waals surface area contributed by atoms with Crippen molar-refractivity contribution < 1.29 is 4.79 Å². The van der Waals surface area contributed by atoms with E-state index in [-0.39, 0.29) is 5.91 Å². The number of nitrogens with zero attached hydrogens (tertiary/aromatic N) is 2. The minimum absolute atomic E-state index is 0.289. The third-order valence-corrected chi connectivity index (χ3v) is 4.85. The highest BCUT2D eigenvalue weighted by Gasteiger charge is 2.10. The number of aromatic amines is 1. The molecule has 5 nitrogen and oxygen atoms in total. The Balaban J connectivity index is 1.50. The average molecular weight is 370 g/mol. The quantitative estimate of drug-likeness (QED) is 0.506. The Hall–Kier alpha value is -3.69. The summed E-state index contributed by atoms with van der Waals surface area (Å²) in [6, 6.07) is 17.2. The van der Waals surface area contributed by atoms with Gasteiger partial charge in [-0.05, 0) is 23.8 Å². The van der Waals surface area contributed by atoms with Crippen molar-refractivity contribution in [2.24, 2.45) is 0 Å². The van der Waals surface area contributed by atoms with E-state index in [0.29, 0.717) is 16.3 Å². The zero-order valence-electron chi connectivity index (χ0n) is 14.1. The lowest BCUT2D eigenvalue weighted by molar-refractivity contribution is -0.111. The maximum absolute atomic E-state index is 12.2. The highest BCUT2D eigenvalue weighted by molar-refractivity contribution is 7.14. The Morgan fingerprint density at radius 1 is 1.19 bits per heavy atom. The normalized spacial score (nSPS) is 10.9. The highest BCUT2D eigenvalue weighted by atomic mass is 32.1. The molecule has 2 N–H and O–H groups in total. The molecule has 0 bridgehead atoms. The zero-order chi connectivity index (χ0) is 18.6. The van der Waals surface area contributed by atoms with Crippen LogP contribution in [0, 0.1) is 11.3 Å². The molecule has 0 radical (unpaired) electrons. The van der Waals surface area contributed by atoms with Gasteiger partial charge in [0, 0.05) is 34.1 Å². The van der Waals surface area contributed by atoms with Gasteiger partial charge in [-0.25, -0.2) is 4.98 Å². The first kappa shape index (κ1) is 16.8. The van der Waals surface area contributed by atoms with E-state index in [4.69, 9.17) is 5.26 Å². The summed E-state index contributed by atoms with van der Waals surface area (Å²) in [5.41, 5.74) is 4.09. The number of anilines is 1. The van der Waals surface area contributed by atoms with E-state index >= 15 is 0 Å². The molecule has 0 unspecified atom stereocenters. The summed E-state index contributed by atoms with van der Waals surface area (Å²) in [5.74, 6) is -0.289. The Labute approximate surface area is 159 Å². The van der Waals surface area contributed by atoms with E-state index in [0.717, 1.165) is 22.2 Å². The molecule has 0 fully saturated rings. The minimum Gasteiger partial charge on any atom is -0.360 e. The summed E-state index contributed by atoms with van der Waals surface area (Å²) in [7, 11) is 0. The third kappa shape index (κ3) is 3.50. The molecule has 0 saturated carbocycles. The standard InChI is InChI=1S/C21H14N4OS/c22-11-15-6-2-1-5-14(15)9-10-20(26)25-21-24-19(13-27-21)17-12-23-18-8-4-3-7-16(17)18/h1-10,12-13,23H,(H,24,25,26)/b10-9+. The van der Waals surface area contributed by atoms with E-state index in [1.165, 1.54) is 17.4 Å². The minimum atomic E-state index is -0.289. The molecule has 2 aromatic heterocycles. The summed E-state index contributed by atoms with van der Waals surface area (Å²) in [6.45, 7) is 0. The van der Waals surface area contributed by atoms with Crippen LogP contribution in [0.4, 0.5) is 5.13 Å². The number of hydrogen-bond acceptors (Lipinski definition) is 4. The van der Waals surface area contributed by atoms with Crippen LogP contribution >= 0.6 is 11.3 Å². The van der Waals surface area contributed by atoms with Crippen LogP contribution in [-0.2, 0) is 4.79 Å². The molecule has 0 spiro atoms. The molecule has 0 atom stereocenters. The average Bonchev–Trinajstić information content (AvgIpc) is 3.33. The number of H-pyrrole nitrogens is 1. The van der Waals surface area contributed by atoms with Crippen LogP contribution in [0.25, 0.3) is 28.2 Å². The van der Waals surface area contributed by atoms with Crippen molar-refractivity contribution in [3.8, 4) is 17.3 Å². The fourth-order valence-corrected chi connectivity index (χ4v) is 3.51.